The molecule has 0 heterocycles. The third-order valence-corrected chi connectivity index (χ3v) is 4.19. The number of hydrogen-bond acceptors (Lipinski definition) is 4. The summed E-state index contributed by atoms with van der Waals surface area (Å²) >= 11 is 5.70. The molecule has 5 nitrogen and oxygen atoms in total. The average Bonchev–Trinajstić information content (AvgIpc) is 2.43. The zero-order valence-electron chi connectivity index (χ0n) is 10.5. The Bertz CT molecular complexity index is 830. The highest BCUT2D eigenvalue weighted by Gasteiger charge is 2.22. The largest absolute Gasteiger partial charge is 0.396 e. The lowest BCUT2D eigenvalue weighted by Crippen LogP contribution is -2.15. The summed E-state index contributed by atoms with van der Waals surface area (Å²) in [6.07, 6.45) is 0. The second kappa shape index (κ2) is 5.60. The summed E-state index contributed by atoms with van der Waals surface area (Å²) in [4.78, 5) is -0.642. The molecule has 0 aliphatic heterocycles. The minimum Gasteiger partial charge on any atom is -0.396 e. The van der Waals surface area contributed by atoms with Crippen LogP contribution in [-0.2, 0) is 10.0 Å². The number of sulfonamides is 1. The molecule has 0 aliphatic carbocycles. The molecule has 0 atom stereocenters. The topological polar surface area (TPSA) is 96.0 Å². The average molecular weight is 326 g/mol. The quantitative estimate of drug-likeness (QED) is 0.848. The van der Waals surface area contributed by atoms with E-state index in [4.69, 9.17) is 22.6 Å². The molecule has 0 amide bonds. The number of nitrogens with two attached hydrogens (primary N) is 1. The van der Waals surface area contributed by atoms with Gasteiger partial charge in [-0.05, 0) is 36.4 Å². The zero-order chi connectivity index (χ0) is 15.6. The number of halogens is 2. The zero-order valence-corrected chi connectivity index (χ0v) is 12.0. The Labute approximate surface area is 125 Å². The minimum absolute atomic E-state index is 0.00843. The molecular weight excluding hydrogens is 317 g/mol. The van der Waals surface area contributed by atoms with Crippen LogP contribution in [0.1, 0.15) is 5.56 Å². The summed E-state index contributed by atoms with van der Waals surface area (Å²) in [7, 11) is -4.18. The van der Waals surface area contributed by atoms with Crippen molar-refractivity contribution in [2.24, 2.45) is 0 Å². The van der Waals surface area contributed by atoms with Crippen LogP contribution < -0.4 is 10.5 Å². The Balaban J connectivity index is 2.41. The van der Waals surface area contributed by atoms with Crippen LogP contribution in [0.25, 0.3) is 0 Å². The highest BCUT2D eigenvalue weighted by Crippen LogP contribution is 2.26. The van der Waals surface area contributed by atoms with Gasteiger partial charge in [0.15, 0.2) is 5.82 Å². The van der Waals surface area contributed by atoms with Crippen molar-refractivity contribution in [2.45, 2.75) is 4.90 Å². The van der Waals surface area contributed by atoms with Gasteiger partial charge in [-0.25, -0.2) is 12.8 Å². The number of anilines is 2. The SMILES string of the molecule is N#Cc1ccc(NS(=O)(=O)c2cc(Cl)cc(N)c2F)cc1. The van der Waals surface area contributed by atoms with Crippen LogP contribution in [0.3, 0.4) is 0 Å². The lowest BCUT2D eigenvalue weighted by atomic mass is 10.2. The van der Waals surface area contributed by atoms with E-state index in [1.807, 2.05) is 6.07 Å². The molecular formula is C13H9ClFN3O2S. The molecule has 3 N–H and O–H groups in total. The maximum Gasteiger partial charge on any atom is 0.264 e. The highest BCUT2D eigenvalue weighted by atomic mass is 35.5. The van der Waals surface area contributed by atoms with Crippen molar-refractivity contribution in [3.63, 3.8) is 0 Å². The van der Waals surface area contributed by atoms with Gasteiger partial charge < -0.3 is 5.73 Å². The first-order valence-corrected chi connectivity index (χ1v) is 7.47. The van der Waals surface area contributed by atoms with Crippen molar-refractivity contribution in [3.8, 4) is 6.07 Å². The van der Waals surface area contributed by atoms with E-state index in [-0.39, 0.29) is 16.4 Å². The third kappa shape index (κ3) is 3.24. The fourth-order valence-electron chi connectivity index (χ4n) is 1.60. The van der Waals surface area contributed by atoms with E-state index in [1.54, 1.807) is 0 Å². The van der Waals surface area contributed by atoms with Gasteiger partial charge in [-0.3, -0.25) is 4.72 Å². The van der Waals surface area contributed by atoms with E-state index in [2.05, 4.69) is 4.72 Å². The van der Waals surface area contributed by atoms with E-state index >= 15 is 0 Å². The summed E-state index contributed by atoms with van der Waals surface area (Å²) in [6.45, 7) is 0. The Morgan fingerprint density at radius 2 is 1.86 bits per heavy atom. The molecule has 21 heavy (non-hydrogen) atoms. The van der Waals surface area contributed by atoms with Gasteiger partial charge in [-0.15, -0.1) is 0 Å². The van der Waals surface area contributed by atoms with Gasteiger partial charge >= 0.3 is 0 Å². The number of nitriles is 1. The molecule has 0 aromatic heterocycles. The van der Waals surface area contributed by atoms with Gasteiger partial charge in [0.25, 0.3) is 10.0 Å². The number of hydrogen-bond donors (Lipinski definition) is 2. The molecule has 0 saturated carbocycles. The normalized spacial score (nSPS) is 10.9. The van der Waals surface area contributed by atoms with Crippen molar-refractivity contribution < 1.29 is 12.8 Å². The van der Waals surface area contributed by atoms with E-state index in [9.17, 15) is 12.8 Å². The number of rotatable bonds is 3. The molecule has 108 valence electrons. The Hall–Kier alpha value is -2.30. The van der Waals surface area contributed by atoms with Crippen molar-refractivity contribution in [2.75, 3.05) is 10.5 Å². The van der Waals surface area contributed by atoms with Gasteiger partial charge in [0.05, 0.1) is 17.3 Å². The standard InChI is InChI=1S/C13H9ClFN3O2S/c14-9-5-11(17)13(15)12(6-9)21(19,20)18-10-3-1-8(7-16)2-4-10/h1-6,18H,17H2. The fourth-order valence-corrected chi connectivity index (χ4v) is 3.09. The Kier molecular flexibility index (Phi) is 4.02. The smallest absolute Gasteiger partial charge is 0.264 e. The first kappa shape index (κ1) is 15.1. The summed E-state index contributed by atoms with van der Waals surface area (Å²) in [5.41, 5.74) is 5.56. The molecule has 2 rings (SSSR count). The molecule has 0 radical (unpaired) electrons. The van der Waals surface area contributed by atoms with Crippen molar-refractivity contribution in [3.05, 3.63) is 52.8 Å². The third-order valence-electron chi connectivity index (χ3n) is 2.59. The number of nitrogens with one attached hydrogen (secondary N) is 1. The molecule has 2 aromatic carbocycles. The fraction of sp³-hybridized carbons (Fsp3) is 0. The lowest BCUT2D eigenvalue weighted by molar-refractivity contribution is 0.573. The molecule has 2 aromatic rings. The van der Waals surface area contributed by atoms with Crippen molar-refractivity contribution >= 4 is 33.0 Å². The van der Waals surface area contributed by atoms with Crippen LogP contribution >= 0.6 is 11.6 Å². The summed E-state index contributed by atoms with van der Waals surface area (Å²) in [5, 5.41) is 8.68. The maximum atomic E-state index is 13.9. The Morgan fingerprint density at radius 3 is 2.43 bits per heavy atom. The summed E-state index contributed by atoms with van der Waals surface area (Å²) in [5.74, 6) is -1.07. The number of benzene rings is 2. The second-order valence-corrected chi connectivity index (χ2v) is 6.19. The van der Waals surface area contributed by atoms with E-state index in [0.29, 0.717) is 5.56 Å². The van der Waals surface area contributed by atoms with Gasteiger partial charge in [-0.1, -0.05) is 11.6 Å². The van der Waals surface area contributed by atoms with Crippen LogP contribution in [0.2, 0.25) is 5.02 Å². The van der Waals surface area contributed by atoms with Gasteiger partial charge in [0.2, 0.25) is 0 Å². The highest BCUT2D eigenvalue weighted by molar-refractivity contribution is 7.92. The molecule has 0 fully saturated rings. The molecule has 8 heteroatoms. The predicted molar refractivity (Wildman–Crippen MR) is 77.8 cm³/mol. The van der Waals surface area contributed by atoms with Gasteiger partial charge in [-0.2, -0.15) is 5.26 Å². The Morgan fingerprint density at radius 1 is 1.24 bits per heavy atom. The van der Waals surface area contributed by atoms with Crippen LogP contribution in [0.4, 0.5) is 15.8 Å². The van der Waals surface area contributed by atoms with Crippen molar-refractivity contribution in [1.82, 2.24) is 0 Å². The second-order valence-electron chi connectivity index (χ2n) is 4.10. The van der Waals surface area contributed by atoms with Crippen molar-refractivity contribution in [1.29, 1.82) is 5.26 Å². The number of nitrogens with zero attached hydrogens (tertiary/aromatic N) is 1. The molecule has 0 saturated heterocycles. The van der Waals surface area contributed by atoms with E-state index < -0.39 is 20.7 Å². The van der Waals surface area contributed by atoms with E-state index in [1.165, 1.54) is 24.3 Å². The van der Waals surface area contributed by atoms with Gasteiger partial charge in [0.1, 0.15) is 4.90 Å². The number of nitrogen functional groups attached to an aromatic ring is 1. The lowest BCUT2D eigenvalue weighted by Gasteiger charge is -2.10. The summed E-state index contributed by atoms with van der Waals surface area (Å²) in [6, 6.07) is 9.64. The molecule has 0 unspecified atom stereocenters. The van der Waals surface area contributed by atoms with Crippen LogP contribution in [0.5, 0.6) is 0 Å². The van der Waals surface area contributed by atoms with Crippen LogP contribution in [0.15, 0.2) is 41.3 Å². The van der Waals surface area contributed by atoms with Crippen LogP contribution in [-0.4, -0.2) is 8.42 Å². The predicted octanol–water partition coefficient (Wildman–Crippen LogP) is 2.73. The molecule has 0 spiro atoms. The van der Waals surface area contributed by atoms with Crippen LogP contribution in [0, 0.1) is 17.1 Å². The first-order chi connectivity index (χ1) is 9.83. The monoisotopic (exact) mass is 325 g/mol. The van der Waals surface area contributed by atoms with E-state index in [0.717, 1.165) is 12.1 Å². The molecule has 0 bridgehead atoms. The minimum atomic E-state index is -4.18. The first-order valence-electron chi connectivity index (χ1n) is 5.61. The van der Waals surface area contributed by atoms with Gasteiger partial charge in [0, 0.05) is 10.7 Å². The molecule has 0 aliphatic rings. The summed E-state index contributed by atoms with van der Waals surface area (Å²) < 4.78 is 40.3. The maximum absolute atomic E-state index is 13.9.